The van der Waals surface area contributed by atoms with Gasteiger partial charge in [-0.2, -0.15) is 0 Å². The molecule has 1 aromatic carbocycles. The molecule has 2 fully saturated rings. The Balaban J connectivity index is 1.68. The van der Waals surface area contributed by atoms with Gasteiger partial charge in [0.05, 0.1) is 16.0 Å². The molecule has 2 aliphatic rings. The fourth-order valence-corrected chi connectivity index (χ4v) is 4.39. The third kappa shape index (κ3) is 3.18. The zero-order valence-electron chi connectivity index (χ0n) is 11.1. The van der Waals surface area contributed by atoms with Crippen LogP contribution in [0.15, 0.2) is 22.7 Å². The molecular weight excluding hydrogens is 342 g/mol. The molecule has 0 radical (unpaired) electrons. The SMILES string of the molecule is O=S1(=O)CC(Oc2ccc(C3CCCCN3)cc2Br)C1. The van der Waals surface area contributed by atoms with Crippen LogP contribution < -0.4 is 10.1 Å². The number of halogens is 1. The van der Waals surface area contributed by atoms with Gasteiger partial charge in [-0.05, 0) is 53.0 Å². The number of sulfone groups is 1. The summed E-state index contributed by atoms with van der Waals surface area (Å²) in [7, 11) is -2.84. The first-order chi connectivity index (χ1) is 9.53. The van der Waals surface area contributed by atoms with E-state index >= 15 is 0 Å². The third-order valence-corrected chi connectivity index (χ3v) is 6.22. The number of hydrogen-bond donors (Lipinski definition) is 1. The highest BCUT2D eigenvalue weighted by Gasteiger charge is 2.35. The van der Waals surface area contributed by atoms with E-state index in [0.29, 0.717) is 6.04 Å². The molecule has 1 N–H and O–H groups in total. The molecule has 3 rings (SSSR count). The first-order valence-corrected chi connectivity index (χ1v) is 9.55. The fraction of sp³-hybridized carbons (Fsp3) is 0.571. The van der Waals surface area contributed by atoms with Crippen LogP contribution in [0.1, 0.15) is 30.9 Å². The Morgan fingerprint density at radius 3 is 2.65 bits per heavy atom. The van der Waals surface area contributed by atoms with Crippen molar-refractivity contribution in [3.05, 3.63) is 28.2 Å². The smallest absolute Gasteiger partial charge is 0.157 e. The lowest BCUT2D eigenvalue weighted by Crippen LogP contribution is -2.45. The minimum atomic E-state index is -2.84. The summed E-state index contributed by atoms with van der Waals surface area (Å²) in [6, 6.07) is 6.49. The Kier molecular flexibility index (Phi) is 4.06. The largest absolute Gasteiger partial charge is 0.487 e. The van der Waals surface area contributed by atoms with Gasteiger partial charge in [0.2, 0.25) is 0 Å². The van der Waals surface area contributed by atoms with E-state index in [-0.39, 0.29) is 17.6 Å². The van der Waals surface area contributed by atoms with Crippen molar-refractivity contribution in [2.45, 2.75) is 31.4 Å². The normalized spacial score (nSPS) is 25.9. The Hall–Kier alpha value is -0.590. The number of ether oxygens (including phenoxy) is 1. The standard InChI is InChI=1S/C14H18BrNO3S/c15-12-7-10(13-3-1-2-6-16-13)4-5-14(12)19-11-8-20(17,18)9-11/h4-5,7,11,13,16H,1-3,6,8-9H2. The van der Waals surface area contributed by atoms with E-state index in [1.54, 1.807) is 0 Å². The van der Waals surface area contributed by atoms with Crippen molar-refractivity contribution in [3.8, 4) is 5.75 Å². The van der Waals surface area contributed by atoms with Crippen molar-refractivity contribution < 1.29 is 13.2 Å². The van der Waals surface area contributed by atoms with Gasteiger partial charge in [-0.25, -0.2) is 8.42 Å². The molecular formula is C14H18BrNO3S. The first-order valence-electron chi connectivity index (χ1n) is 6.93. The van der Waals surface area contributed by atoms with E-state index in [0.717, 1.165) is 23.2 Å². The summed E-state index contributed by atoms with van der Waals surface area (Å²) in [5, 5.41) is 3.51. The van der Waals surface area contributed by atoms with Gasteiger partial charge < -0.3 is 10.1 Å². The van der Waals surface area contributed by atoms with Crippen LogP contribution >= 0.6 is 15.9 Å². The number of nitrogens with one attached hydrogen (secondary N) is 1. The van der Waals surface area contributed by atoms with E-state index in [1.807, 2.05) is 6.07 Å². The highest BCUT2D eigenvalue weighted by atomic mass is 79.9. The number of benzene rings is 1. The number of piperidine rings is 1. The number of hydrogen-bond acceptors (Lipinski definition) is 4. The molecule has 0 spiro atoms. The molecule has 0 amide bonds. The van der Waals surface area contributed by atoms with Crippen molar-refractivity contribution in [1.29, 1.82) is 0 Å². The maximum absolute atomic E-state index is 11.1. The summed E-state index contributed by atoms with van der Waals surface area (Å²) in [6.45, 7) is 1.07. The molecule has 4 nitrogen and oxygen atoms in total. The Morgan fingerprint density at radius 1 is 1.25 bits per heavy atom. The second kappa shape index (κ2) is 5.66. The van der Waals surface area contributed by atoms with Gasteiger partial charge in [0.15, 0.2) is 9.84 Å². The second-order valence-corrected chi connectivity index (χ2v) is 8.52. The molecule has 2 saturated heterocycles. The summed E-state index contributed by atoms with van der Waals surface area (Å²) in [5.74, 6) is 0.987. The molecule has 0 aliphatic carbocycles. The van der Waals surface area contributed by atoms with Crippen LogP contribution in [-0.4, -0.2) is 32.6 Å². The molecule has 0 aromatic heterocycles. The maximum atomic E-state index is 11.1. The summed E-state index contributed by atoms with van der Waals surface area (Å²) in [6.07, 6.45) is 3.46. The van der Waals surface area contributed by atoms with Crippen molar-refractivity contribution in [2.75, 3.05) is 18.1 Å². The highest BCUT2D eigenvalue weighted by molar-refractivity contribution is 9.10. The summed E-state index contributed by atoms with van der Waals surface area (Å²) < 4.78 is 28.9. The molecule has 2 aliphatic heterocycles. The molecule has 0 bridgehead atoms. The second-order valence-electron chi connectivity index (χ2n) is 5.51. The lowest BCUT2D eigenvalue weighted by atomic mass is 9.97. The van der Waals surface area contributed by atoms with Gasteiger partial charge >= 0.3 is 0 Å². The van der Waals surface area contributed by atoms with Gasteiger partial charge in [-0.3, -0.25) is 0 Å². The molecule has 110 valence electrons. The van der Waals surface area contributed by atoms with E-state index in [4.69, 9.17) is 4.74 Å². The van der Waals surface area contributed by atoms with Crippen LogP contribution in [0.3, 0.4) is 0 Å². The third-order valence-electron chi connectivity index (χ3n) is 3.84. The van der Waals surface area contributed by atoms with Gasteiger partial charge in [0.1, 0.15) is 11.9 Å². The molecule has 6 heteroatoms. The molecule has 20 heavy (non-hydrogen) atoms. The first kappa shape index (κ1) is 14.4. The zero-order chi connectivity index (χ0) is 14.2. The fourth-order valence-electron chi connectivity index (χ4n) is 2.73. The van der Waals surface area contributed by atoms with Crippen LogP contribution in [0.4, 0.5) is 0 Å². The Labute approximate surface area is 127 Å². The van der Waals surface area contributed by atoms with E-state index in [1.165, 1.54) is 18.4 Å². The Bertz CT molecular complexity index is 584. The van der Waals surface area contributed by atoms with Crippen LogP contribution in [0.5, 0.6) is 5.75 Å². The van der Waals surface area contributed by atoms with Gasteiger partial charge in [0, 0.05) is 6.04 Å². The van der Waals surface area contributed by atoms with Crippen molar-refractivity contribution in [1.82, 2.24) is 5.32 Å². The van der Waals surface area contributed by atoms with Crippen molar-refractivity contribution in [2.24, 2.45) is 0 Å². The van der Waals surface area contributed by atoms with Gasteiger partial charge in [0.25, 0.3) is 0 Å². The predicted octanol–water partition coefficient (Wildman–Crippen LogP) is 2.44. The van der Waals surface area contributed by atoms with E-state index < -0.39 is 9.84 Å². The topological polar surface area (TPSA) is 55.4 Å². The zero-order valence-corrected chi connectivity index (χ0v) is 13.5. The quantitative estimate of drug-likeness (QED) is 0.900. The van der Waals surface area contributed by atoms with Crippen LogP contribution in [0.2, 0.25) is 0 Å². The van der Waals surface area contributed by atoms with Gasteiger partial charge in [-0.15, -0.1) is 0 Å². The lowest BCUT2D eigenvalue weighted by molar-refractivity contribution is 0.229. The van der Waals surface area contributed by atoms with E-state index in [9.17, 15) is 8.42 Å². The monoisotopic (exact) mass is 359 g/mol. The van der Waals surface area contributed by atoms with E-state index in [2.05, 4.69) is 33.4 Å². The number of rotatable bonds is 3. The van der Waals surface area contributed by atoms with Crippen molar-refractivity contribution >= 4 is 25.8 Å². The van der Waals surface area contributed by atoms with Crippen LogP contribution in [-0.2, 0) is 9.84 Å². The molecule has 1 aromatic rings. The molecule has 2 heterocycles. The predicted molar refractivity (Wildman–Crippen MR) is 81.8 cm³/mol. The average Bonchev–Trinajstić information content (AvgIpc) is 2.40. The molecule has 1 unspecified atom stereocenters. The molecule has 0 saturated carbocycles. The molecule has 1 atom stereocenters. The summed E-state index contributed by atoms with van der Waals surface area (Å²) in [5.41, 5.74) is 1.25. The highest BCUT2D eigenvalue weighted by Crippen LogP contribution is 2.32. The van der Waals surface area contributed by atoms with Crippen molar-refractivity contribution in [3.63, 3.8) is 0 Å². The summed E-state index contributed by atoms with van der Waals surface area (Å²) in [4.78, 5) is 0. The Morgan fingerprint density at radius 2 is 2.05 bits per heavy atom. The minimum absolute atomic E-state index is 0.130. The van der Waals surface area contributed by atoms with Crippen LogP contribution in [0, 0.1) is 0 Å². The van der Waals surface area contributed by atoms with Gasteiger partial charge in [-0.1, -0.05) is 12.5 Å². The summed E-state index contributed by atoms with van der Waals surface area (Å²) >= 11 is 3.52. The average molecular weight is 360 g/mol. The maximum Gasteiger partial charge on any atom is 0.157 e. The van der Waals surface area contributed by atoms with Crippen LogP contribution in [0.25, 0.3) is 0 Å². The lowest BCUT2D eigenvalue weighted by Gasteiger charge is -2.28. The minimum Gasteiger partial charge on any atom is -0.487 e.